The van der Waals surface area contributed by atoms with Crippen LogP contribution in [-0.2, 0) is 4.79 Å². The molecule has 0 saturated carbocycles. The van der Waals surface area contributed by atoms with Gasteiger partial charge in [-0.2, -0.15) is 0 Å². The van der Waals surface area contributed by atoms with Crippen LogP contribution in [0.2, 0.25) is 0 Å². The van der Waals surface area contributed by atoms with Crippen LogP contribution < -0.4 is 0 Å². The summed E-state index contributed by atoms with van der Waals surface area (Å²) >= 11 is 0. The van der Waals surface area contributed by atoms with Gasteiger partial charge in [-0.05, 0) is 6.42 Å². The molecule has 0 aromatic rings. The zero-order chi connectivity index (χ0) is 17.2. The standard InChI is InChI=1S/C22H44O/c1-4-5-6-7-8-9-10-11-12-13-14-15-16-17-18-19-20-22(23)21(2)3/h21H,4-20H2,1-3H3. The van der Waals surface area contributed by atoms with Crippen molar-refractivity contribution in [2.75, 3.05) is 0 Å². The van der Waals surface area contributed by atoms with Gasteiger partial charge in [0.2, 0.25) is 0 Å². The molecule has 0 aliphatic heterocycles. The molecule has 0 aliphatic rings. The number of hydrogen-bond acceptors (Lipinski definition) is 1. The van der Waals surface area contributed by atoms with Crippen LogP contribution >= 0.6 is 0 Å². The summed E-state index contributed by atoms with van der Waals surface area (Å²) in [5.74, 6) is 0.668. The minimum absolute atomic E-state index is 0.228. The van der Waals surface area contributed by atoms with E-state index in [0.29, 0.717) is 5.78 Å². The second-order valence-corrected chi connectivity index (χ2v) is 7.67. The first-order chi connectivity index (χ1) is 11.2. The fourth-order valence-electron chi connectivity index (χ4n) is 3.14. The Bertz CT molecular complexity index is 244. The van der Waals surface area contributed by atoms with Crippen molar-refractivity contribution in [2.24, 2.45) is 5.92 Å². The lowest BCUT2D eigenvalue weighted by molar-refractivity contribution is -0.122. The van der Waals surface area contributed by atoms with E-state index >= 15 is 0 Å². The summed E-state index contributed by atoms with van der Waals surface area (Å²) in [5.41, 5.74) is 0. The first kappa shape index (κ1) is 22.7. The Morgan fingerprint density at radius 2 is 0.870 bits per heavy atom. The number of carbonyl (C=O) groups is 1. The first-order valence-corrected chi connectivity index (χ1v) is 10.7. The molecule has 0 aliphatic carbocycles. The maximum absolute atomic E-state index is 11.5. The summed E-state index contributed by atoms with van der Waals surface area (Å²) in [7, 11) is 0. The van der Waals surface area contributed by atoms with Crippen LogP contribution in [0.1, 0.15) is 130 Å². The van der Waals surface area contributed by atoms with E-state index in [9.17, 15) is 4.79 Å². The first-order valence-electron chi connectivity index (χ1n) is 10.7. The van der Waals surface area contributed by atoms with Crippen molar-refractivity contribution in [3.63, 3.8) is 0 Å². The van der Waals surface area contributed by atoms with Gasteiger partial charge < -0.3 is 0 Å². The molecular weight excluding hydrogens is 280 g/mol. The number of Topliss-reactive ketones (excluding diaryl/α,β-unsaturated/α-hetero) is 1. The summed E-state index contributed by atoms with van der Waals surface area (Å²) < 4.78 is 0. The van der Waals surface area contributed by atoms with Gasteiger partial charge in [0, 0.05) is 12.3 Å². The highest BCUT2D eigenvalue weighted by atomic mass is 16.1. The molecule has 0 amide bonds. The Kier molecular flexibility index (Phi) is 17.8. The molecule has 0 unspecified atom stereocenters. The zero-order valence-corrected chi connectivity index (χ0v) is 16.5. The van der Waals surface area contributed by atoms with Crippen molar-refractivity contribution < 1.29 is 4.79 Å². The molecule has 23 heavy (non-hydrogen) atoms. The van der Waals surface area contributed by atoms with Gasteiger partial charge in [0.25, 0.3) is 0 Å². The van der Waals surface area contributed by atoms with Crippen LogP contribution in [0.25, 0.3) is 0 Å². The maximum Gasteiger partial charge on any atom is 0.135 e. The Hall–Kier alpha value is -0.330. The van der Waals surface area contributed by atoms with Crippen LogP contribution in [0.15, 0.2) is 0 Å². The molecule has 138 valence electrons. The van der Waals surface area contributed by atoms with E-state index in [0.717, 1.165) is 12.8 Å². The van der Waals surface area contributed by atoms with Crippen molar-refractivity contribution in [3.05, 3.63) is 0 Å². The predicted octanol–water partition coefficient (Wildman–Crippen LogP) is 7.86. The van der Waals surface area contributed by atoms with Gasteiger partial charge in [-0.25, -0.2) is 0 Å². The molecule has 1 nitrogen and oxygen atoms in total. The van der Waals surface area contributed by atoms with Gasteiger partial charge in [0.05, 0.1) is 0 Å². The van der Waals surface area contributed by atoms with Gasteiger partial charge >= 0.3 is 0 Å². The summed E-state index contributed by atoms with van der Waals surface area (Å²) in [5, 5.41) is 0. The lowest BCUT2D eigenvalue weighted by atomic mass is 10.0. The van der Waals surface area contributed by atoms with Gasteiger partial charge in [0.15, 0.2) is 0 Å². The van der Waals surface area contributed by atoms with E-state index < -0.39 is 0 Å². The lowest BCUT2D eigenvalue weighted by Crippen LogP contribution is -2.05. The third-order valence-electron chi connectivity index (χ3n) is 4.92. The molecule has 0 saturated heterocycles. The van der Waals surface area contributed by atoms with Crippen molar-refractivity contribution >= 4 is 5.78 Å². The Balaban J connectivity index is 3.04. The second kappa shape index (κ2) is 18.0. The molecule has 0 fully saturated rings. The molecule has 0 spiro atoms. The van der Waals surface area contributed by atoms with Gasteiger partial charge in [0.1, 0.15) is 5.78 Å². The SMILES string of the molecule is CCCCCCCCCCCCCCCCCCC(=O)C(C)C. The number of unbranched alkanes of at least 4 members (excludes halogenated alkanes) is 15. The Morgan fingerprint density at radius 3 is 1.17 bits per heavy atom. The minimum atomic E-state index is 0.228. The highest BCUT2D eigenvalue weighted by Gasteiger charge is 2.05. The molecule has 0 bridgehead atoms. The topological polar surface area (TPSA) is 17.1 Å². The number of carbonyl (C=O) groups excluding carboxylic acids is 1. The lowest BCUT2D eigenvalue weighted by Gasteiger charge is -2.04. The minimum Gasteiger partial charge on any atom is -0.299 e. The van der Waals surface area contributed by atoms with Crippen LogP contribution in [0.4, 0.5) is 0 Å². The number of hydrogen-bond donors (Lipinski definition) is 0. The molecule has 0 atom stereocenters. The molecule has 0 N–H and O–H groups in total. The van der Waals surface area contributed by atoms with Crippen LogP contribution in [0, 0.1) is 5.92 Å². The number of rotatable bonds is 18. The third-order valence-corrected chi connectivity index (χ3v) is 4.92. The summed E-state index contributed by atoms with van der Waals surface area (Å²) in [6.45, 7) is 6.30. The van der Waals surface area contributed by atoms with Crippen molar-refractivity contribution in [3.8, 4) is 0 Å². The van der Waals surface area contributed by atoms with Crippen molar-refractivity contribution in [1.82, 2.24) is 0 Å². The van der Waals surface area contributed by atoms with Crippen molar-refractivity contribution in [1.29, 1.82) is 0 Å². The highest BCUT2D eigenvalue weighted by molar-refractivity contribution is 5.80. The Morgan fingerprint density at radius 1 is 0.565 bits per heavy atom. The molecule has 1 heteroatoms. The fourth-order valence-corrected chi connectivity index (χ4v) is 3.14. The molecule has 0 aromatic heterocycles. The molecule has 0 heterocycles. The monoisotopic (exact) mass is 324 g/mol. The summed E-state index contributed by atoms with van der Waals surface area (Å²) in [6.07, 6.45) is 23.0. The maximum atomic E-state index is 11.5. The van der Waals surface area contributed by atoms with Crippen LogP contribution in [-0.4, -0.2) is 5.78 Å². The average molecular weight is 325 g/mol. The largest absolute Gasteiger partial charge is 0.299 e. The Labute approximate surface area is 147 Å². The predicted molar refractivity (Wildman–Crippen MR) is 104 cm³/mol. The van der Waals surface area contributed by atoms with Gasteiger partial charge in [-0.1, -0.05) is 117 Å². The molecular formula is C22H44O. The summed E-state index contributed by atoms with van der Waals surface area (Å²) in [6, 6.07) is 0. The molecule has 0 rings (SSSR count). The third kappa shape index (κ3) is 17.9. The van der Waals surface area contributed by atoms with Gasteiger partial charge in [-0.3, -0.25) is 4.79 Å². The molecule has 0 aromatic carbocycles. The van der Waals surface area contributed by atoms with E-state index in [4.69, 9.17) is 0 Å². The normalized spacial score (nSPS) is 11.3. The van der Waals surface area contributed by atoms with Gasteiger partial charge in [-0.15, -0.1) is 0 Å². The molecule has 0 radical (unpaired) electrons. The fraction of sp³-hybridized carbons (Fsp3) is 0.955. The highest BCUT2D eigenvalue weighted by Crippen LogP contribution is 2.14. The smallest absolute Gasteiger partial charge is 0.135 e. The van der Waals surface area contributed by atoms with E-state index in [2.05, 4.69) is 6.92 Å². The van der Waals surface area contributed by atoms with E-state index in [1.54, 1.807) is 0 Å². The summed E-state index contributed by atoms with van der Waals surface area (Å²) in [4.78, 5) is 11.5. The zero-order valence-electron chi connectivity index (χ0n) is 16.5. The van der Waals surface area contributed by atoms with E-state index in [-0.39, 0.29) is 5.92 Å². The average Bonchev–Trinajstić information content (AvgIpc) is 2.54. The van der Waals surface area contributed by atoms with Crippen LogP contribution in [0.5, 0.6) is 0 Å². The van der Waals surface area contributed by atoms with E-state index in [1.807, 2.05) is 13.8 Å². The van der Waals surface area contributed by atoms with Crippen LogP contribution in [0.3, 0.4) is 0 Å². The second-order valence-electron chi connectivity index (χ2n) is 7.67. The number of ketones is 1. The quantitative estimate of drug-likeness (QED) is 0.234. The van der Waals surface area contributed by atoms with Crippen molar-refractivity contribution in [2.45, 2.75) is 130 Å². The van der Waals surface area contributed by atoms with E-state index in [1.165, 1.54) is 96.3 Å².